The van der Waals surface area contributed by atoms with Gasteiger partial charge >= 0.3 is 0 Å². The maximum atomic E-state index is 5.59. The summed E-state index contributed by atoms with van der Waals surface area (Å²) in [6.45, 7) is 7.41. The topological polar surface area (TPSA) is 21.3 Å². The molecule has 94 valence electrons. The lowest BCUT2D eigenvalue weighted by molar-refractivity contribution is 0.317. The molecule has 0 radical (unpaired) electrons. The number of ether oxygens (including phenoxy) is 1. The first-order valence-electron chi connectivity index (χ1n) is 6.23. The van der Waals surface area contributed by atoms with Gasteiger partial charge in [-0.1, -0.05) is 19.1 Å². The standard InChI is InChI=1S/C14H21NOS/c1-4-9-16-12-7-5-11(6-8-12)13-15-14(2,3)10-17-13/h5-8,13,15H,4,9-10H2,1-3H3. The van der Waals surface area contributed by atoms with Crippen LogP contribution in [0.25, 0.3) is 0 Å². The number of hydrogen-bond donors (Lipinski definition) is 1. The maximum Gasteiger partial charge on any atom is 0.119 e. The molecule has 0 saturated carbocycles. The van der Waals surface area contributed by atoms with E-state index in [1.807, 2.05) is 11.8 Å². The summed E-state index contributed by atoms with van der Waals surface area (Å²) in [6, 6.07) is 8.46. The fourth-order valence-corrected chi connectivity index (χ4v) is 3.29. The fourth-order valence-electron chi connectivity index (χ4n) is 1.87. The molecular weight excluding hydrogens is 230 g/mol. The highest BCUT2D eigenvalue weighted by Gasteiger charge is 2.31. The summed E-state index contributed by atoms with van der Waals surface area (Å²) in [4.78, 5) is 0. The molecule has 0 bridgehead atoms. The monoisotopic (exact) mass is 251 g/mol. The maximum absolute atomic E-state index is 5.59. The Balaban J connectivity index is 1.98. The van der Waals surface area contributed by atoms with Crippen molar-refractivity contribution < 1.29 is 4.74 Å². The van der Waals surface area contributed by atoms with Crippen LogP contribution in [-0.2, 0) is 0 Å². The Kier molecular flexibility index (Phi) is 4.00. The zero-order valence-corrected chi connectivity index (χ0v) is 11.6. The van der Waals surface area contributed by atoms with Crippen LogP contribution in [0.2, 0.25) is 0 Å². The van der Waals surface area contributed by atoms with E-state index >= 15 is 0 Å². The van der Waals surface area contributed by atoms with Crippen LogP contribution in [-0.4, -0.2) is 17.9 Å². The van der Waals surface area contributed by atoms with E-state index in [9.17, 15) is 0 Å². The Labute approximate surface area is 108 Å². The van der Waals surface area contributed by atoms with E-state index in [-0.39, 0.29) is 5.54 Å². The summed E-state index contributed by atoms with van der Waals surface area (Å²) in [5.41, 5.74) is 1.58. The number of benzene rings is 1. The average Bonchev–Trinajstić information content (AvgIpc) is 2.68. The smallest absolute Gasteiger partial charge is 0.119 e. The minimum absolute atomic E-state index is 0.243. The van der Waals surface area contributed by atoms with Crippen molar-refractivity contribution in [2.75, 3.05) is 12.4 Å². The normalized spacial score (nSPS) is 22.6. The number of thioether (sulfide) groups is 1. The summed E-state index contributed by atoms with van der Waals surface area (Å²) in [5, 5.41) is 4.05. The molecule has 3 heteroatoms. The molecule has 1 aliphatic heterocycles. The van der Waals surface area contributed by atoms with Gasteiger partial charge in [0.15, 0.2) is 0 Å². The quantitative estimate of drug-likeness (QED) is 0.883. The molecule has 17 heavy (non-hydrogen) atoms. The fraction of sp³-hybridized carbons (Fsp3) is 0.571. The van der Waals surface area contributed by atoms with Crippen molar-refractivity contribution in [3.05, 3.63) is 29.8 Å². The first-order valence-corrected chi connectivity index (χ1v) is 7.28. The third kappa shape index (κ3) is 3.39. The summed E-state index contributed by atoms with van der Waals surface area (Å²) >= 11 is 1.97. The molecule has 1 aromatic carbocycles. The van der Waals surface area contributed by atoms with Crippen molar-refractivity contribution in [2.24, 2.45) is 0 Å². The Morgan fingerprint density at radius 1 is 1.35 bits per heavy atom. The van der Waals surface area contributed by atoms with Gasteiger partial charge in [-0.3, -0.25) is 5.32 Å². The summed E-state index contributed by atoms with van der Waals surface area (Å²) in [6.07, 6.45) is 1.05. The molecule has 0 aliphatic carbocycles. The predicted molar refractivity (Wildman–Crippen MR) is 74.6 cm³/mol. The molecule has 2 nitrogen and oxygen atoms in total. The average molecular weight is 251 g/mol. The lowest BCUT2D eigenvalue weighted by atomic mass is 10.1. The van der Waals surface area contributed by atoms with Crippen LogP contribution >= 0.6 is 11.8 Å². The second kappa shape index (κ2) is 5.32. The molecule has 2 rings (SSSR count). The highest BCUT2D eigenvalue weighted by molar-refractivity contribution is 7.99. The molecule has 1 atom stereocenters. The molecule has 1 saturated heterocycles. The zero-order chi connectivity index (χ0) is 12.3. The van der Waals surface area contributed by atoms with Crippen LogP contribution in [0.3, 0.4) is 0 Å². The number of rotatable bonds is 4. The van der Waals surface area contributed by atoms with Crippen LogP contribution in [0.5, 0.6) is 5.75 Å². The molecule has 0 aromatic heterocycles. The molecule has 1 N–H and O–H groups in total. The van der Waals surface area contributed by atoms with Crippen molar-refractivity contribution in [3.8, 4) is 5.75 Å². The highest BCUT2D eigenvalue weighted by Crippen LogP contribution is 2.37. The predicted octanol–water partition coefficient (Wildman–Crippen LogP) is 3.59. The van der Waals surface area contributed by atoms with Crippen molar-refractivity contribution in [1.82, 2.24) is 5.32 Å². The van der Waals surface area contributed by atoms with Gasteiger partial charge in [0.1, 0.15) is 5.75 Å². The first-order chi connectivity index (χ1) is 8.11. The van der Waals surface area contributed by atoms with Gasteiger partial charge in [0, 0.05) is 11.3 Å². The number of hydrogen-bond acceptors (Lipinski definition) is 3. The molecule has 1 heterocycles. The zero-order valence-electron chi connectivity index (χ0n) is 10.8. The van der Waals surface area contributed by atoms with E-state index in [1.165, 1.54) is 5.56 Å². The van der Waals surface area contributed by atoms with E-state index in [0.717, 1.165) is 24.5 Å². The van der Waals surface area contributed by atoms with Gasteiger partial charge in [-0.05, 0) is 38.0 Å². The lowest BCUT2D eigenvalue weighted by Gasteiger charge is -2.19. The Morgan fingerprint density at radius 2 is 2.06 bits per heavy atom. The molecule has 1 fully saturated rings. The third-order valence-corrected chi connectivity index (χ3v) is 4.40. The van der Waals surface area contributed by atoms with Crippen LogP contribution in [0, 0.1) is 0 Å². The Morgan fingerprint density at radius 3 is 2.59 bits per heavy atom. The summed E-state index contributed by atoms with van der Waals surface area (Å²) < 4.78 is 5.59. The molecule has 1 aliphatic rings. The van der Waals surface area contributed by atoms with E-state index in [2.05, 4.69) is 50.4 Å². The molecular formula is C14H21NOS. The van der Waals surface area contributed by atoms with Crippen molar-refractivity contribution in [2.45, 2.75) is 38.1 Å². The largest absolute Gasteiger partial charge is 0.494 e. The van der Waals surface area contributed by atoms with Crippen LogP contribution < -0.4 is 10.1 Å². The van der Waals surface area contributed by atoms with E-state index < -0.39 is 0 Å². The minimum atomic E-state index is 0.243. The van der Waals surface area contributed by atoms with Crippen LogP contribution in [0.1, 0.15) is 38.1 Å². The van der Waals surface area contributed by atoms with Gasteiger partial charge in [0.2, 0.25) is 0 Å². The molecule has 0 amide bonds. The first kappa shape index (κ1) is 12.8. The highest BCUT2D eigenvalue weighted by atomic mass is 32.2. The van der Waals surface area contributed by atoms with Gasteiger partial charge < -0.3 is 4.74 Å². The molecule has 0 spiro atoms. The SMILES string of the molecule is CCCOc1ccc(C2NC(C)(C)CS2)cc1. The van der Waals surface area contributed by atoms with Gasteiger partial charge in [-0.15, -0.1) is 11.8 Å². The van der Waals surface area contributed by atoms with Crippen LogP contribution in [0.4, 0.5) is 0 Å². The lowest BCUT2D eigenvalue weighted by Crippen LogP contribution is -2.35. The summed E-state index contributed by atoms with van der Waals surface area (Å²) in [7, 11) is 0. The van der Waals surface area contributed by atoms with E-state index in [4.69, 9.17) is 4.74 Å². The van der Waals surface area contributed by atoms with Crippen molar-refractivity contribution >= 4 is 11.8 Å². The van der Waals surface area contributed by atoms with Crippen molar-refractivity contribution in [3.63, 3.8) is 0 Å². The van der Waals surface area contributed by atoms with E-state index in [0.29, 0.717) is 5.37 Å². The third-order valence-electron chi connectivity index (χ3n) is 2.79. The van der Waals surface area contributed by atoms with Gasteiger partial charge in [-0.2, -0.15) is 0 Å². The van der Waals surface area contributed by atoms with Gasteiger partial charge in [0.05, 0.1) is 12.0 Å². The second-order valence-electron chi connectivity index (χ2n) is 5.14. The van der Waals surface area contributed by atoms with Crippen molar-refractivity contribution in [1.29, 1.82) is 0 Å². The van der Waals surface area contributed by atoms with E-state index in [1.54, 1.807) is 0 Å². The number of nitrogens with one attached hydrogen (secondary N) is 1. The van der Waals surface area contributed by atoms with Gasteiger partial charge in [-0.25, -0.2) is 0 Å². The minimum Gasteiger partial charge on any atom is -0.494 e. The Bertz CT molecular complexity index is 361. The molecule has 1 unspecified atom stereocenters. The van der Waals surface area contributed by atoms with Gasteiger partial charge in [0.25, 0.3) is 0 Å². The van der Waals surface area contributed by atoms with Crippen LogP contribution in [0.15, 0.2) is 24.3 Å². The Hall–Kier alpha value is -0.670. The molecule has 1 aromatic rings. The summed E-state index contributed by atoms with van der Waals surface area (Å²) in [5.74, 6) is 2.13. The second-order valence-corrected chi connectivity index (χ2v) is 6.23.